The van der Waals surface area contributed by atoms with Gasteiger partial charge in [0.15, 0.2) is 5.82 Å². The van der Waals surface area contributed by atoms with Gasteiger partial charge >= 0.3 is 6.03 Å². The quantitative estimate of drug-likeness (QED) is 0.881. The van der Waals surface area contributed by atoms with Crippen molar-refractivity contribution in [3.05, 3.63) is 12.2 Å². The Morgan fingerprint density at radius 2 is 1.90 bits per heavy atom. The summed E-state index contributed by atoms with van der Waals surface area (Å²) in [5.41, 5.74) is 0. The minimum Gasteiger partial charge on any atom is -0.328 e. The third-order valence-electron chi connectivity index (χ3n) is 3.81. The zero-order valence-electron chi connectivity index (χ0n) is 12.7. The molecule has 1 atom stereocenters. The van der Waals surface area contributed by atoms with Crippen LogP contribution >= 0.6 is 0 Å². The molecule has 1 aromatic heterocycles. The summed E-state index contributed by atoms with van der Waals surface area (Å²) in [5.74, 6) is 0.763. The summed E-state index contributed by atoms with van der Waals surface area (Å²) in [6, 6.07) is 0.375. The first-order chi connectivity index (χ1) is 9.49. The Hall–Kier alpha value is -1.63. The Labute approximate surface area is 119 Å². The molecule has 2 heterocycles. The normalized spacial score (nSPS) is 18.4. The van der Waals surface area contributed by atoms with Crippen LogP contribution in [0, 0.1) is 0 Å². The highest BCUT2D eigenvalue weighted by molar-refractivity contribution is 5.74. The van der Waals surface area contributed by atoms with Crippen molar-refractivity contribution in [2.75, 3.05) is 26.2 Å². The molecule has 2 amide bonds. The van der Waals surface area contributed by atoms with Crippen molar-refractivity contribution in [2.45, 2.75) is 32.9 Å². The molecule has 7 heteroatoms. The second-order valence-electron chi connectivity index (χ2n) is 5.59. The van der Waals surface area contributed by atoms with Crippen molar-refractivity contribution >= 4 is 6.03 Å². The SMILES string of the molecule is CC(NC(=O)N1CCN(C(C)C)CC1)c1nncn1C. The fraction of sp³-hybridized carbons (Fsp3) is 0.769. The number of nitrogens with zero attached hydrogens (tertiary/aromatic N) is 5. The van der Waals surface area contributed by atoms with E-state index < -0.39 is 0 Å². The van der Waals surface area contributed by atoms with Gasteiger partial charge in [-0.25, -0.2) is 4.79 Å². The van der Waals surface area contributed by atoms with E-state index in [4.69, 9.17) is 0 Å². The number of hydrogen-bond donors (Lipinski definition) is 1. The van der Waals surface area contributed by atoms with E-state index in [-0.39, 0.29) is 12.1 Å². The lowest BCUT2D eigenvalue weighted by atomic mass is 10.2. The molecule has 2 rings (SSSR count). The Balaban J connectivity index is 1.85. The van der Waals surface area contributed by atoms with E-state index >= 15 is 0 Å². The van der Waals surface area contributed by atoms with Crippen LogP contribution in [-0.4, -0.2) is 62.8 Å². The summed E-state index contributed by atoms with van der Waals surface area (Å²) in [6.07, 6.45) is 1.64. The lowest BCUT2D eigenvalue weighted by molar-refractivity contribution is 0.118. The predicted molar refractivity (Wildman–Crippen MR) is 76.2 cm³/mol. The summed E-state index contributed by atoms with van der Waals surface area (Å²) >= 11 is 0. The van der Waals surface area contributed by atoms with Gasteiger partial charge in [-0.1, -0.05) is 0 Å². The fourth-order valence-corrected chi connectivity index (χ4v) is 2.47. The van der Waals surface area contributed by atoms with E-state index in [2.05, 4.69) is 34.3 Å². The molecule has 1 aliphatic heterocycles. The summed E-state index contributed by atoms with van der Waals surface area (Å²) in [6.45, 7) is 9.71. The second-order valence-corrected chi connectivity index (χ2v) is 5.59. The standard InChI is InChI=1S/C13H24N6O/c1-10(2)18-5-7-19(8-6-18)13(20)15-11(3)12-16-14-9-17(12)4/h9-11H,5-8H2,1-4H3,(H,15,20). The number of amides is 2. The molecule has 1 N–H and O–H groups in total. The highest BCUT2D eigenvalue weighted by Gasteiger charge is 2.24. The molecular formula is C13H24N6O. The lowest BCUT2D eigenvalue weighted by Gasteiger charge is -2.37. The number of rotatable bonds is 3. The maximum absolute atomic E-state index is 12.2. The summed E-state index contributed by atoms with van der Waals surface area (Å²) < 4.78 is 1.82. The van der Waals surface area contributed by atoms with E-state index in [1.54, 1.807) is 6.33 Å². The Morgan fingerprint density at radius 1 is 1.25 bits per heavy atom. The van der Waals surface area contributed by atoms with Gasteiger partial charge in [-0.05, 0) is 20.8 Å². The molecule has 112 valence electrons. The maximum Gasteiger partial charge on any atom is 0.318 e. The first-order valence-corrected chi connectivity index (χ1v) is 7.12. The molecule has 20 heavy (non-hydrogen) atoms. The van der Waals surface area contributed by atoms with Crippen LogP contribution in [0.25, 0.3) is 0 Å². The lowest BCUT2D eigenvalue weighted by Crippen LogP contribution is -2.53. The van der Waals surface area contributed by atoms with E-state index in [0.29, 0.717) is 6.04 Å². The molecule has 0 aromatic carbocycles. The minimum atomic E-state index is -0.141. The molecular weight excluding hydrogens is 256 g/mol. The molecule has 7 nitrogen and oxygen atoms in total. The van der Waals surface area contributed by atoms with E-state index in [9.17, 15) is 4.79 Å². The number of hydrogen-bond acceptors (Lipinski definition) is 4. The van der Waals surface area contributed by atoms with Crippen molar-refractivity contribution in [1.29, 1.82) is 0 Å². The monoisotopic (exact) mass is 280 g/mol. The molecule has 1 unspecified atom stereocenters. The number of aryl methyl sites for hydroxylation is 1. The van der Waals surface area contributed by atoms with Crippen LogP contribution in [0.2, 0.25) is 0 Å². The van der Waals surface area contributed by atoms with Gasteiger partial charge in [0, 0.05) is 39.3 Å². The molecule has 1 saturated heterocycles. The first kappa shape index (κ1) is 14.8. The largest absolute Gasteiger partial charge is 0.328 e. The van der Waals surface area contributed by atoms with E-state index in [1.807, 2.05) is 23.4 Å². The summed E-state index contributed by atoms with van der Waals surface area (Å²) in [7, 11) is 1.87. The van der Waals surface area contributed by atoms with Gasteiger partial charge in [-0.15, -0.1) is 10.2 Å². The van der Waals surface area contributed by atoms with Gasteiger partial charge in [-0.3, -0.25) is 4.90 Å². The zero-order chi connectivity index (χ0) is 14.7. The Bertz CT molecular complexity index is 449. The third kappa shape index (κ3) is 3.27. The topological polar surface area (TPSA) is 66.3 Å². The van der Waals surface area contributed by atoms with Gasteiger partial charge in [-0.2, -0.15) is 0 Å². The average molecular weight is 280 g/mol. The average Bonchev–Trinajstić information content (AvgIpc) is 2.85. The molecule has 0 aliphatic carbocycles. The van der Waals surface area contributed by atoms with Crippen molar-refractivity contribution in [3.63, 3.8) is 0 Å². The molecule has 1 aliphatic rings. The molecule has 0 bridgehead atoms. The van der Waals surface area contributed by atoms with Crippen LogP contribution in [0.4, 0.5) is 4.79 Å². The van der Waals surface area contributed by atoms with Gasteiger partial charge < -0.3 is 14.8 Å². The number of nitrogens with one attached hydrogen (secondary N) is 1. The van der Waals surface area contributed by atoms with Crippen molar-refractivity contribution < 1.29 is 4.79 Å². The van der Waals surface area contributed by atoms with Crippen LogP contribution in [0.5, 0.6) is 0 Å². The van der Waals surface area contributed by atoms with Gasteiger partial charge in [0.1, 0.15) is 6.33 Å². The molecule has 0 spiro atoms. The Morgan fingerprint density at radius 3 is 2.40 bits per heavy atom. The maximum atomic E-state index is 12.2. The summed E-state index contributed by atoms with van der Waals surface area (Å²) in [4.78, 5) is 16.5. The number of piperazine rings is 1. The van der Waals surface area contributed by atoms with Gasteiger partial charge in [0.2, 0.25) is 0 Å². The van der Waals surface area contributed by atoms with Gasteiger partial charge in [0.05, 0.1) is 6.04 Å². The van der Waals surface area contributed by atoms with E-state index in [1.165, 1.54) is 0 Å². The minimum absolute atomic E-state index is 0.0242. The predicted octanol–water partition coefficient (Wildman–Crippen LogP) is 0.612. The number of urea groups is 1. The van der Waals surface area contributed by atoms with E-state index in [0.717, 1.165) is 32.0 Å². The smallest absolute Gasteiger partial charge is 0.318 e. The van der Waals surface area contributed by atoms with Gasteiger partial charge in [0.25, 0.3) is 0 Å². The Kier molecular flexibility index (Phi) is 4.59. The molecule has 0 radical (unpaired) electrons. The van der Waals surface area contributed by atoms with Crippen LogP contribution in [0.3, 0.4) is 0 Å². The van der Waals surface area contributed by atoms with Crippen LogP contribution in [-0.2, 0) is 7.05 Å². The number of carbonyl (C=O) groups is 1. The van der Waals surface area contributed by atoms with Crippen molar-refractivity contribution in [1.82, 2.24) is 29.9 Å². The second kappa shape index (κ2) is 6.21. The fourth-order valence-electron chi connectivity index (χ4n) is 2.47. The highest BCUT2D eigenvalue weighted by atomic mass is 16.2. The number of aromatic nitrogens is 3. The highest BCUT2D eigenvalue weighted by Crippen LogP contribution is 2.10. The van der Waals surface area contributed by atoms with Crippen LogP contribution in [0.15, 0.2) is 6.33 Å². The molecule has 1 aromatic rings. The zero-order valence-corrected chi connectivity index (χ0v) is 12.7. The van der Waals surface area contributed by atoms with Crippen molar-refractivity contribution in [3.8, 4) is 0 Å². The third-order valence-corrected chi connectivity index (χ3v) is 3.81. The van der Waals surface area contributed by atoms with Crippen molar-refractivity contribution in [2.24, 2.45) is 7.05 Å². The number of carbonyl (C=O) groups excluding carboxylic acids is 1. The molecule has 1 fully saturated rings. The first-order valence-electron chi connectivity index (χ1n) is 7.12. The molecule has 0 saturated carbocycles. The van der Waals surface area contributed by atoms with Crippen LogP contribution < -0.4 is 5.32 Å². The summed E-state index contributed by atoms with van der Waals surface area (Å²) in [5, 5.41) is 10.8. The van der Waals surface area contributed by atoms with Crippen LogP contribution in [0.1, 0.15) is 32.6 Å².